The van der Waals surface area contributed by atoms with Gasteiger partial charge in [0.1, 0.15) is 17.5 Å². The summed E-state index contributed by atoms with van der Waals surface area (Å²) in [4.78, 5) is 25.6. The van der Waals surface area contributed by atoms with E-state index in [-0.39, 0.29) is 0 Å². The lowest BCUT2D eigenvalue weighted by Crippen LogP contribution is -2.65. The highest BCUT2D eigenvalue weighted by atomic mass is 28.4. The van der Waals surface area contributed by atoms with Crippen LogP contribution in [0.3, 0.4) is 0 Å². The fraction of sp³-hybridized carbons (Fsp3) is 0.900. The Kier molecular flexibility index (Phi) is 16.6. The Bertz CT molecular complexity index is 522. The van der Waals surface area contributed by atoms with Gasteiger partial charge in [-0.15, -0.1) is 0 Å². The lowest BCUT2D eigenvalue weighted by atomic mass is 10.2. The SMILES string of the molecule is CCCCCC(NC(=O)NC(CC)[Si](OC)(OC)OC)NC(=O)NC(CC)[Si](OC)(OC)OC. The van der Waals surface area contributed by atoms with Gasteiger partial charge in [-0.2, -0.15) is 0 Å². The molecule has 0 spiro atoms. The van der Waals surface area contributed by atoms with Gasteiger partial charge in [-0.05, 0) is 25.7 Å². The van der Waals surface area contributed by atoms with Crippen LogP contribution in [0, 0.1) is 0 Å². The molecular weight excluding hydrogens is 480 g/mol. The van der Waals surface area contributed by atoms with Crippen LogP contribution in [0.2, 0.25) is 0 Å². The normalized spacial score (nSPS) is 14.7. The molecule has 4 amide bonds. The Balaban J connectivity index is 5.36. The Morgan fingerprint density at radius 2 is 0.971 bits per heavy atom. The maximum Gasteiger partial charge on any atom is 0.523 e. The molecule has 14 heteroatoms. The van der Waals surface area contributed by atoms with Gasteiger partial charge < -0.3 is 47.8 Å². The third kappa shape index (κ3) is 9.41. The molecule has 0 saturated carbocycles. The molecule has 0 radical (unpaired) electrons. The minimum Gasteiger partial charge on any atom is -0.376 e. The molecule has 12 nitrogen and oxygen atoms in total. The number of amides is 4. The first-order valence-corrected chi connectivity index (χ1v) is 15.3. The van der Waals surface area contributed by atoms with Crippen molar-refractivity contribution in [3.63, 3.8) is 0 Å². The van der Waals surface area contributed by atoms with Crippen molar-refractivity contribution in [1.29, 1.82) is 0 Å². The van der Waals surface area contributed by atoms with Crippen LogP contribution < -0.4 is 21.3 Å². The zero-order valence-electron chi connectivity index (χ0n) is 22.2. The predicted molar refractivity (Wildman–Crippen MR) is 133 cm³/mol. The Hall–Kier alpha value is -1.27. The fourth-order valence-corrected chi connectivity index (χ4v) is 8.05. The first-order chi connectivity index (χ1) is 16.2. The number of rotatable bonds is 18. The average Bonchev–Trinajstić information content (AvgIpc) is 2.85. The highest BCUT2D eigenvalue weighted by molar-refractivity contribution is 6.63. The lowest BCUT2D eigenvalue weighted by Gasteiger charge is -2.33. The second-order valence-electron chi connectivity index (χ2n) is 7.64. The van der Waals surface area contributed by atoms with Crippen LogP contribution in [0.4, 0.5) is 9.59 Å². The molecule has 0 aliphatic heterocycles. The molecule has 202 valence electrons. The van der Waals surface area contributed by atoms with Crippen LogP contribution in [-0.2, 0) is 26.6 Å². The molecule has 0 aromatic rings. The summed E-state index contributed by atoms with van der Waals surface area (Å²) < 4.78 is 33.0. The summed E-state index contributed by atoms with van der Waals surface area (Å²) in [7, 11) is 2.78. The Morgan fingerprint density at radius 1 is 0.618 bits per heavy atom. The van der Waals surface area contributed by atoms with Gasteiger partial charge >= 0.3 is 29.7 Å². The van der Waals surface area contributed by atoms with Gasteiger partial charge in [0.25, 0.3) is 0 Å². The second-order valence-corrected chi connectivity index (χ2v) is 13.9. The summed E-state index contributed by atoms with van der Waals surface area (Å²) in [5, 5.41) is 11.4. The minimum absolute atomic E-state index is 0.459. The minimum atomic E-state index is -3.09. The molecule has 2 unspecified atom stereocenters. The Labute approximate surface area is 206 Å². The zero-order valence-corrected chi connectivity index (χ0v) is 24.2. The van der Waals surface area contributed by atoms with Gasteiger partial charge in [-0.25, -0.2) is 9.59 Å². The van der Waals surface area contributed by atoms with E-state index in [4.69, 9.17) is 26.6 Å². The molecule has 0 aromatic carbocycles. The summed E-state index contributed by atoms with van der Waals surface area (Å²) >= 11 is 0. The summed E-state index contributed by atoms with van der Waals surface area (Å²) in [6, 6.07) is -0.920. The molecule has 0 fully saturated rings. The molecule has 0 heterocycles. The zero-order chi connectivity index (χ0) is 26.2. The van der Waals surface area contributed by atoms with Gasteiger partial charge in [-0.1, -0.05) is 33.6 Å². The number of nitrogens with one attached hydrogen (secondary N) is 4. The molecule has 2 atom stereocenters. The maximum absolute atomic E-state index is 12.8. The van der Waals surface area contributed by atoms with Crippen LogP contribution in [0.5, 0.6) is 0 Å². The maximum atomic E-state index is 12.8. The monoisotopic (exact) mass is 526 g/mol. The van der Waals surface area contributed by atoms with Crippen LogP contribution in [0.15, 0.2) is 0 Å². The molecule has 0 bridgehead atoms. The second kappa shape index (κ2) is 17.2. The van der Waals surface area contributed by atoms with Crippen molar-refractivity contribution in [3.8, 4) is 0 Å². The first kappa shape index (κ1) is 32.7. The molecular formula is C20H46N4O8Si2. The van der Waals surface area contributed by atoms with Crippen molar-refractivity contribution in [2.45, 2.75) is 76.8 Å². The van der Waals surface area contributed by atoms with Gasteiger partial charge in [0.05, 0.1) is 0 Å². The number of urea groups is 2. The molecule has 0 aliphatic carbocycles. The van der Waals surface area contributed by atoms with E-state index in [0.29, 0.717) is 19.3 Å². The van der Waals surface area contributed by atoms with E-state index < -0.39 is 47.2 Å². The van der Waals surface area contributed by atoms with Crippen molar-refractivity contribution in [2.75, 3.05) is 42.7 Å². The van der Waals surface area contributed by atoms with E-state index >= 15 is 0 Å². The van der Waals surface area contributed by atoms with Gasteiger partial charge in [0.15, 0.2) is 0 Å². The van der Waals surface area contributed by atoms with Crippen LogP contribution in [-0.4, -0.2) is 89.8 Å². The van der Waals surface area contributed by atoms with Crippen LogP contribution in [0.1, 0.15) is 59.3 Å². The average molecular weight is 527 g/mol. The number of carbonyl (C=O) groups excluding carboxylic acids is 2. The van der Waals surface area contributed by atoms with Gasteiger partial charge in [0, 0.05) is 42.7 Å². The van der Waals surface area contributed by atoms with E-state index in [0.717, 1.165) is 19.3 Å². The van der Waals surface area contributed by atoms with Crippen molar-refractivity contribution in [1.82, 2.24) is 21.3 Å². The third-order valence-corrected chi connectivity index (χ3v) is 11.9. The molecule has 0 aromatic heterocycles. The fourth-order valence-electron chi connectivity index (χ4n) is 3.73. The van der Waals surface area contributed by atoms with E-state index in [2.05, 4.69) is 28.2 Å². The predicted octanol–water partition coefficient (Wildman–Crippen LogP) is 1.88. The number of hydrogen-bond donors (Lipinski definition) is 4. The number of carbonyl (C=O) groups is 2. The summed E-state index contributed by atoms with van der Waals surface area (Å²) in [6.45, 7) is 5.88. The molecule has 0 saturated heterocycles. The van der Waals surface area contributed by atoms with E-state index in [1.165, 1.54) is 42.7 Å². The van der Waals surface area contributed by atoms with Crippen LogP contribution in [0.25, 0.3) is 0 Å². The van der Waals surface area contributed by atoms with Crippen molar-refractivity contribution < 1.29 is 36.1 Å². The van der Waals surface area contributed by atoms with E-state index in [1.54, 1.807) is 0 Å². The summed E-state index contributed by atoms with van der Waals surface area (Å²) in [5.74, 6) is 0. The van der Waals surface area contributed by atoms with Crippen LogP contribution >= 0.6 is 0 Å². The topological polar surface area (TPSA) is 138 Å². The van der Waals surface area contributed by atoms with Crippen molar-refractivity contribution in [3.05, 3.63) is 0 Å². The summed E-state index contributed by atoms with van der Waals surface area (Å²) in [6.07, 6.45) is 3.85. The van der Waals surface area contributed by atoms with E-state index in [1.807, 2.05) is 13.8 Å². The van der Waals surface area contributed by atoms with Crippen molar-refractivity contribution in [2.24, 2.45) is 0 Å². The highest BCUT2D eigenvalue weighted by Gasteiger charge is 2.48. The first-order valence-electron chi connectivity index (χ1n) is 11.7. The van der Waals surface area contributed by atoms with Gasteiger partial charge in [0.2, 0.25) is 0 Å². The molecule has 4 N–H and O–H groups in total. The van der Waals surface area contributed by atoms with E-state index in [9.17, 15) is 9.59 Å². The largest absolute Gasteiger partial charge is 0.523 e. The Morgan fingerprint density at radius 3 is 1.24 bits per heavy atom. The lowest BCUT2D eigenvalue weighted by molar-refractivity contribution is 0.107. The number of unbranched alkanes of at least 4 members (excludes halogenated alkanes) is 2. The molecule has 0 rings (SSSR count). The quantitative estimate of drug-likeness (QED) is 0.121. The van der Waals surface area contributed by atoms with Crippen molar-refractivity contribution >= 4 is 29.7 Å². The summed E-state index contributed by atoms with van der Waals surface area (Å²) in [5.41, 5.74) is -0.919. The third-order valence-electron chi connectivity index (χ3n) is 5.69. The highest BCUT2D eigenvalue weighted by Crippen LogP contribution is 2.16. The number of hydrogen-bond acceptors (Lipinski definition) is 8. The smallest absolute Gasteiger partial charge is 0.376 e. The molecule has 0 aliphatic rings. The van der Waals surface area contributed by atoms with Gasteiger partial charge in [-0.3, -0.25) is 0 Å². The molecule has 34 heavy (non-hydrogen) atoms. The standard InChI is InChI=1S/C20H46N4O8Si2/c1-10-13-14-15-16(21-19(25)23-17(11-2)33(27-4,28-5)29-6)22-20(26)24-18(12-3)34(30-7,31-8)32-9/h16-18H,10-15H2,1-9H3,(H2,21,23,25)(H2,22,24,26).